The summed E-state index contributed by atoms with van der Waals surface area (Å²) in [5.41, 5.74) is 1.66. The Kier molecular flexibility index (Phi) is 3.73. The number of esters is 1. The zero-order chi connectivity index (χ0) is 16.6. The summed E-state index contributed by atoms with van der Waals surface area (Å²) in [5, 5.41) is 2.52. The third-order valence-corrected chi connectivity index (χ3v) is 3.66. The molecule has 1 aliphatic heterocycles. The van der Waals surface area contributed by atoms with Gasteiger partial charge in [0.2, 0.25) is 0 Å². The number of ether oxygens (including phenoxy) is 1. The van der Waals surface area contributed by atoms with E-state index >= 15 is 0 Å². The van der Waals surface area contributed by atoms with Crippen LogP contribution in [-0.2, 0) is 9.53 Å². The summed E-state index contributed by atoms with van der Waals surface area (Å²) in [5.74, 6) is -1.25. The molecular formula is C15H16N4O4. The maximum atomic E-state index is 12.2. The number of amides is 3. The molecule has 23 heavy (non-hydrogen) atoms. The predicted octanol–water partition coefficient (Wildman–Crippen LogP) is 0.740. The van der Waals surface area contributed by atoms with E-state index in [1.807, 2.05) is 19.1 Å². The fraction of sp³-hybridized carbons (Fsp3) is 0.333. The summed E-state index contributed by atoms with van der Waals surface area (Å²) in [7, 11) is 0. The number of aryl methyl sites for hydroxylation is 1. The van der Waals surface area contributed by atoms with Gasteiger partial charge in [-0.1, -0.05) is 6.07 Å². The molecule has 0 saturated carbocycles. The van der Waals surface area contributed by atoms with E-state index in [0.29, 0.717) is 12.2 Å². The number of aromatic nitrogens is 2. The molecule has 1 aliphatic rings. The topological polar surface area (TPSA) is 93.0 Å². The second-order valence-corrected chi connectivity index (χ2v) is 5.29. The lowest BCUT2D eigenvalue weighted by molar-refractivity contribution is -0.136. The quantitative estimate of drug-likeness (QED) is 0.843. The summed E-state index contributed by atoms with van der Waals surface area (Å²) >= 11 is 0. The SMILES string of the molecule is Cc1cccc2nc(C(=O)OC(C)C(=O)N3CCNC3=O)cn12. The van der Waals surface area contributed by atoms with Crippen molar-refractivity contribution in [3.63, 3.8) is 0 Å². The highest BCUT2D eigenvalue weighted by Crippen LogP contribution is 2.11. The highest BCUT2D eigenvalue weighted by atomic mass is 16.5. The number of carbonyl (C=O) groups excluding carboxylic acids is 3. The summed E-state index contributed by atoms with van der Waals surface area (Å²) in [6, 6.07) is 5.03. The lowest BCUT2D eigenvalue weighted by Gasteiger charge is -2.17. The molecule has 3 rings (SSSR count). The van der Waals surface area contributed by atoms with Crippen LogP contribution in [0.15, 0.2) is 24.4 Å². The number of imide groups is 1. The van der Waals surface area contributed by atoms with E-state index in [9.17, 15) is 14.4 Å². The number of hydrogen-bond donors (Lipinski definition) is 1. The van der Waals surface area contributed by atoms with Crippen LogP contribution in [0.4, 0.5) is 4.79 Å². The van der Waals surface area contributed by atoms with Crippen LogP contribution >= 0.6 is 0 Å². The lowest BCUT2D eigenvalue weighted by atomic mass is 10.3. The molecule has 0 aliphatic carbocycles. The van der Waals surface area contributed by atoms with Crippen LogP contribution < -0.4 is 5.32 Å². The largest absolute Gasteiger partial charge is 0.448 e. The van der Waals surface area contributed by atoms with Crippen LogP contribution in [0.5, 0.6) is 0 Å². The second kappa shape index (κ2) is 5.71. The van der Waals surface area contributed by atoms with Crippen LogP contribution in [0, 0.1) is 6.92 Å². The minimum atomic E-state index is -1.06. The van der Waals surface area contributed by atoms with Crippen LogP contribution in [0.25, 0.3) is 5.65 Å². The molecule has 1 fully saturated rings. The predicted molar refractivity (Wildman–Crippen MR) is 79.9 cm³/mol. The molecule has 2 aromatic rings. The molecule has 1 N–H and O–H groups in total. The van der Waals surface area contributed by atoms with Gasteiger partial charge in [0.15, 0.2) is 11.8 Å². The minimum Gasteiger partial charge on any atom is -0.448 e. The third-order valence-electron chi connectivity index (χ3n) is 3.66. The number of nitrogens with one attached hydrogen (secondary N) is 1. The van der Waals surface area contributed by atoms with Crippen LogP contribution in [0.1, 0.15) is 23.1 Å². The Morgan fingerprint density at radius 3 is 2.83 bits per heavy atom. The zero-order valence-electron chi connectivity index (χ0n) is 12.8. The molecule has 0 bridgehead atoms. The summed E-state index contributed by atoms with van der Waals surface area (Å²) in [4.78, 5) is 41.0. The molecule has 0 radical (unpaired) electrons. The van der Waals surface area contributed by atoms with E-state index in [2.05, 4.69) is 10.3 Å². The Balaban J connectivity index is 1.73. The Morgan fingerprint density at radius 1 is 1.39 bits per heavy atom. The zero-order valence-corrected chi connectivity index (χ0v) is 12.8. The van der Waals surface area contributed by atoms with Gasteiger partial charge in [-0.25, -0.2) is 14.6 Å². The van der Waals surface area contributed by atoms with Gasteiger partial charge in [0.05, 0.1) is 0 Å². The van der Waals surface area contributed by atoms with Crippen molar-refractivity contribution in [2.75, 3.05) is 13.1 Å². The smallest absolute Gasteiger partial charge is 0.359 e. The first kappa shape index (κ1) is 15.0. The molecule has 120 valence electrons. The van der Waals surface area contributed by atoms with Crippen molar-refractivity contribution in [1.82, 2.24) is 19.6 Å². The number of hydrogen-bond acceptors (Lipinski definition) is 5. The lowest BCUT2D eigenvalue weighted by Crippen LogP contribution is -2.41. The number of urea groups is 1. The van der Waals surface area contributed by atoms with E-state index in [0.717, 1.165) is 10.6 Å². The van der Waals surface area contributed by atoms with E-state index in [-0.39, 0.29) is 12.2 Å². The van der Waals surface area contributed by atoms with Crippen LogP contribution in [0.2, 0.25) is 0 Å². The molecule has 0 aromatic carbocycles. The average Bonchev–Trinajstić information content (AvgIpc) is 3.13. The fourth-order valence-electron chi connectivity index (χ4n) is 2.42. The summed E-state index contributed by atoms with van der Waals surface area (Å²) in [6.07, 6.45) is 0.504. The molecule has 3 amide bonds. The molecule has 8 nitrogen and oxygen atoms in total. The van der Waals surface area contributed by atoms with Crippen molar-refractivity contribution in [2.45, 2.75) is 20.0 Å². The third kappa shape index (κ3) is 2.75. The first-order valence-electron chi connectivity index (χ1n) is 7.22. The first-order chi connectivity index (χ1) is 11.0. The molecule has 3 heterocycles. The average molecular weight is 316 g/mol. The molecule has 8 heteroatoms. The number of nitrogens with zero attached hydrogens (tertiary/aromatic N) is 3. The molecule has 0 spiro atoms. The van der Waals surface area contributed by atoms with Gasteiger partial charge in [-0.3, -0.25) is 9.69 Å². The van der Waals surface area contributed by atoms with Gasteiger partial charge < -0.3 is 14.5 Å². The fourth-order valence-corrected chi connectivity index (χ4v) is 2.42. The van der Waals surface area contributed by atoms with E-state index in [4.69, 9.17) is 4.74 Å². The first-order valence-corrected chi connectivity index (χ1v) is 7.22. The Labute approximate surface area is 132 Å². The highest BCUT2D eigenvalue weighted by molar-refractivity contribution is 5.99. The molecule has 2 aromatic heterocycles. The molecule has 1 atom stereocenters. The van der Waals surface area contributed by atoms with Gasteiger partial charge in [0.1, 0.15) is 5.65 Å². The van der Waals surface area contributed by atoms with Crippen molar-refractivity contribution >= 4 is 23.6 Å². The van der Waals surface area contributed by atoms with Crippen molar-refractivity contribution in [3.8, 4) is 0 Å². The van der Waals surface area contributed by atoms with Crippen molar-refractivity contribution in [1.29, 1.82) is 0 Å². The van der Waals surface area contributed by atoms with Gasteiger partial charge in [0, 0.05) is 25.0 Å². The number of rotatable bonds is 3. The Morgan fingerprint density at radius 2 is 2.17 bits per heavy atom. The number of fused-ring (bicyclic) bond motifs is 1. The highest BCUT2D eigenvalue weighted by Gasteiger charge is 2.32. The van der Waals surface area contributed by atoms with Crippen molar-refractivity contribution in [2.24, 2.45) is 0 Å². The van der Waals surface area contributed by atoms with Crippen LogP contribution in [0.3, 0.4) is 0 Å². The maximum absolute atomic E-state index is 12.2. The number of pyridine rings is 1. The van der Waals surface area contributed by atoms with E-state index in [1.54, 1.807) is 16.7 Å². The van der Waals surface area contributed by atoms with Crippen molar-refractivity contribution in [3.05, 3.63) is 35.8 Å². The van der Waals surface area contributed by atoms with Gasteiger partial charge in [-0.05, 0) is 26.0 Å². The molecular weight excluding hydrogens is 300 g/mol. The van der Waals surface area contributed by atoms with Crippen molar-refractivity contribution < 1.29 is 19.1 Å². The Bertz CT molecular complexity index is 798. The van der Waals surface area contributed by atoms with Crippen LogP contribution in [-0.4, -0.2) is 51.4 Å². The van der Waals surface area contributed by atoms with Gasteiger partial charge >= 0.3 is 12.0 Å². The number of imidazole rings is 1. The second-order valence-electron chi connectivity index (χ2n) is 5.29. The van der Waals surface area contributed by atoms with Gasteiger partial charge in [0.25, 0.3) is 5.91 Å². The van der Waals surface area contributed by atoms with Gasteiger partial charge in [-0.2, -0.15) is 0 Å². The Hall–Kier alpha value is -2.90. The summed E-state index contributed by atoms with van der Waals surface area (Å²) in [6.45, 7) is 4.00. The van der Waals surface area contributed by atoms with E-state index in [1.165, 1.54) is 6.92 Å². The summed E-state index contributed by atoms with van der Waals surface area (Å²) < 4.78 is 6.90. The normalized spacial score (nSPS) is 15.6. The molecule has 1 unspecified atom stereocenters. The minimum absolute atomic E-state index is 0.116. The number of carbonyl (C=O) groups is 3. The maximum Gasteiger partial charge on any atom is 0.359 e. The van der Waals surface area contributed by atoms with E-state index < -0.39 is 24.0 Å². The van der Waals surface area contributed by atoms with Gasteiger partial charge in [-0.15, -0.1) is 0 Å². The molecule has 1 saturated heterocycles. The monoisotopic (exact) mass is 316 g/mol. The standard InChI is InChI=1S/C15H16N4O4/c1-9-4-3-5-12-17-11(8-19(9)12)14(21)23-10(2)13(20)18-7-6-16-15(18)22/h3-5,8,10H,6-7H2,1-2H3,(H,16,22).